The highest BCUT2D eigenvalue weighted by Gasteiger charge is 2.15. The molecule has 7 nitrogen and oxygen atoms in total. The van der Waals surface area contributed by atoms with Crippen molar-refractivity contribution in [1.29, 1.82) is 0 Å². The largest absolute Gasteiger partial charge is 0.444 e. The summed E-state index contributed by atoms with van der Waals surface area (Å²) in [6, 6.07) is 7.46. The highest BCUT2D eigenvalue weighted by molar-refractivity contribution is 5.91. The Morgan fingerprint density at radius 1 is 1.12 bits per heavy atom. The lowest BCUT2D eigenvalue weighted by molar-refractivity contribution is -0.116. The molecule has 0 radical (unpaired) electrons. The summed E-state index contributed by atoms with van der Waals surface area (Å²) in [7, 11) is 0. The van der Waals surface area contributed by atoms with Gasteiger partial charge in [0, 0.05) is 25.3 Å². The number of carbonyl (C=O) groups is 2. The van der Waals surface area contributed by atoms with E-state index in [0.717, 1.165) is 5.56 Å². The van der Waals surface area contributed by atoms with Gasteiger partial charge >= 0.3 is 6.09 Å². The first-order chi connectivity index (χ1) is 12.3. The summed E-state index contributed by atoms with van der Waals surface area (Å²) in [4.78, 5) is 23.5. The molecule has 0 fully saturated rings. The maximum Gasteiger partial charge on any atom is 0.407 e. The molecule has 2 amide bonds. The fourth-order valence-electron chi connectivity index (χ4n) is 2.01. The Balaban J connectivity index is 2.31. The molecule has 1 aromatic rings. The lowest BCUT2D eigenvalue weighted by atomic mass is 10.2. The smallest absolute Gasteiger partial charge is 0.407 e. The van der Waals surface area contributed by atoms with Crippen LogP contribution >= 0.6 is 0 Å². The summed E-state index contributed by atoms with van der Waals surface area (Å²) >= 11 is 0. The van der Waals surface area contributed by atoms with Gasteiger partial charge in [-0.2, -0.15) is 0 Å². The highest BCUT2D eigenvalue weighted by atomic mass is 16.6. The second kappa shape index (κ2) is 11.5. The molecular formula is C19H30N2O5. The molecule has 0 aliphatic rings. The van der Waals surface area contributed by atoms with Crippen LogP contribution in [-0.2, 0) is 25.6 Å². The Hall–Kier alpha value is -2.12. The van der Waals surface area contributed by atoms with Crippen molar-refractivity contribution < 1.29 is 23.8 Å². The average Bonchev–Trinajstić information content (AvgIpc) is 2.53. The predicted octanol–water partition coefficient (Wildman–Crippen LogP) is 3.09. The number of amides is 2. The van der Waals surface area contributed by atoms with Gasteiger partial charge in [0.15, 0.2) is 0 Å². The Kier molecular flexibility index (Phi) is 9.69. The zero-order valence-corrected chi connectivity index (χ0v) is 16.1. The zero-order valence-electron chi connectivity index (χ0n) is 16.1. The van der Waals surface area contributed by atoms with Crippen molar-refractivity contribution in [3.05, 3.63) is 29.8 Å². The van der Waals surface area contributed by atoms with Crippen molar-refractivity contribution in [3.63, 3.8) is 0 Å². The number of anilines is 1. The van der Waals surface area contributed by atoms with Crippen molar-refractivity contribution in [3.8, 4) is 0 Å². The molecule has 0 aromatic heterocycles. The van der Waals surface area contributed by atoms with Crippen LogP contribution in [0.1, 0.15) is 39.7 Å². The van der Waals surface area contributed by atoms with E-state index in [1.165, 1.54) is 0 Å². The van der Waals surface area contributed by atoms with E-state index in [1.807, 2.05) is 31.2 Å². The van der Waals surface area contributed by atoms with Crippen molar-refractivity contribution in [2.45, 2.75) is 46.3 Å². The summed E-state index contributed by atoms with van der Waals surface area (Å²) in [5, 5.41) is 5.36. The minimum Gasteiger partial charge on any atom is -0.444 e. The average molecular weight is 366 g/mol. The van der Waals surface area contributed by atoms with Gasteiger partial charge in [0.25, 0.3) is 0 Å². The molecular weight excluding hydrogens is 336 g/mol. The molecule has 26 heavy (non-hydrogen) atoms. The maximum absolute atomic E-state index is 12.0. The first-order valence-corrected chi connectivity index (χ1v) is 8.81. The van der Waals surface area contributed by atoms with Crippen LogP contribution < -0.4 is 10.6 Å². The Morgan fingerprint density at radius 2 is 1.85 bits per heavy atom. The molecule has 1 rings (SSSR count). The molecule has 0 saturated carbocycles. The second-order valence-electron chi connectivity index (χ2n) is 6.68. The van der Waals surface area contributed by atoms with E-state index < -0.39 is 11.7 Å². The summed E-state index contributed by atoms with van der Waals surface area (Å²) in [5.74, 6) is -0.185. The standard InChI is InChI=1S/C19H30N2O5/c1-5-24-11-12-25-14-15-7-6-8-16(13-15)21-17(22)9-10-20-18(23)26-19(2,3)4/h6-8,13H,5,9-12,14H2,1-4H3,(H,20,23)(H,21,22). The fourth-order valence-corrected chi connectivity index (χ4v) is 2.01. The van der Waals surface area contributed by atoms with Gasteiger partial charge in [-0.05, 0) is 45.4 Å². The number of hydrogen-bond donors (Lipinski definition) is 2. The van der Waals surface area contributed by atoms with Crippen molar-refractivity contribution >= 4 is 17.7 Å². The topological polar surface area (TPSA) is 85.9 Å². The van der Waals surface area contributed by atoms with E-state index >= 15 is 0 Å². The quantitative estimate of drug-likeness (QED) is 0.622. The lowest BCUT2D eigenvalue weighted by Crippen LogP contribution is -2.34. The molecule has 0 aliphatic heterocycles. The van der Waals surface area contributed by atoms with Crippen LogP contribution in [0.3, 0.4) is 0 Å². The molecule has 1 aromatic carbocycles. The van der Waals surface area contributed by atoms with Crippen molar-refractivity contribution in [2.75, 3.05) is 31.7 Å². The Labute approximate surface area is 155 Å². The molecule has 0 heterocycles. The van der Waals surface area contributed by atoms with Gasteiger partial charge in [-0.25, -0.2) is 4.79 Å². The van der Waals surface area contributed by atoms with Crippen LogP contribution in [0.4, 0.5) is 10.5 Å². The monoisotopic (exact) mass is 366 g/mol. The number of alkyl carbamates (subject to hydrolysis) is 1. The van der Waals surface area contributed by atoms with E-state index in [0.29, 0.717) is 32.1 Å². The predicted molar refractivity (Wildman–Crippen MR) is 100 cm³/mol. The number of nitrogens with one attached hydrogen (secondary N) is 2. The number of carbonyl (C=O) groups excluding carboxylic acids is 2. The van der Waals surface area contributed by atoms with Gasteiger partial charge in [0.2, 0.25) is 5.91 Å². The lowest BCUT2D eigenvalue weighted by Gasteiger charge is -2.19. The molecule has 2 N–H and O–H groups in total. The van der Waals surface area contributed by atoms with Crippen LogP contribution in [0.2, 0.25) is 0 Å². The van der Waals surface area contributed by atoms with Crippen LogP contribution in [-0.4, -0.2) is 44.0 Å². The normalized spacial score (nSPS) is 11.1. The minimum absolute atomic E-state index is 0.161. The molecule has 0 bridgehead atoms. The van der Waals surface area contributed by atoms with Crippen LogP contribution in [0.15, 0.2) is 24.3 Å². The minimum atomic E-state index is -0.558. The molecule has 7 heteroatoms. The third kappa shape index (κ3) is 10.7. The molecule has 146 valence electrons. The van der Waals surface area contributed by atoms with Crippen LogP contribution in [0, 0.1) is 0 Å². The number of benzene rings is 1. The molecule has 0 saturated heterocycles. The van der Waals surface area contributed by atoms with E-state index in [-0.39, 0.29) is 18.9 Å². The maximum atomic E-state index is 12.0. The number of hydrogen-bond acceptors (Lipinski definition) is 5. The Morgan fingerprint density at radius 3 is 2.54 bits per heavy atom. The Bertz CT molecular complexity index is 569. The van der Waals surface area contributed by atoms with E-state index in [1.54, 1.807) is 20.8 Å². The van der Waals surface area contributed by atoms with Gasteiger partial charge in [0.1, 0.15) is 5.60 Å². The van der Waals surface area contributed by atoms with E-state index in [2.05, 4.69) is 10.6 Å². The van der Waals surface area contributed by atoms with E-state index in [9.17, 15) is 9.59 Å². The second-order valence-corrected chi connectivity index (χ2v) is 6.68. The molecule has 0 spiro atoms. The molecule has 0 aliphatic carbocycles. The molecule has 0 atom stereocenters. The fraction of sp³-hybridized carbons (Fsp3) is 0.579. The summed E-state index contributed by atoms with van der Waals surface area (Å²) in [6.45, 7) is 9.73. The zero-order chi connectivity index (χ0) is 19.4. The summed E-state index contributed by atoms with van der Waals surface area (Å²) in [6.07, 6.45) is -0.370. The number of rotatable bonds is 10. The van der Waals surface area contributed by atoms with Crippen LogP contribution in [0.5, 0.6) is 0 Å². The third-order valence-electron chi connectivity index (χ3n) is 3.08. The molecule has 0 unspecified atom stereocenters. The van der Waals surface area contributed by atoms with Gasteiger partial charge in [-0.1, -0.05) is 12.1 Å². The highest BCUT2D eigenvalue weighted by Crippen LogP contribution is 2.12. The van der Waals surface area contributed by atoms with Gasteiger partial charge < -0.3 is 24.8 Å². The van der Waals surface area contributed by atoms with Gasteiger partial charge in [-0.3, -0.25) is 4.79 Å². The third-order valence-corrected chi connectivity index (χ3v) is 3.08. The summed E-state index contributed by atoms with van der Waals surface area (Å²) < 4.78 is 15.8. The first-order valence-electron chi connectivity index (χ1n) is 8.81. The first kappa shape index (κ1) is 21.9. The van der Waals surface area contributed by atoms with Crippen molar-refractivity contribution in [2.24, 2.45) is 0 Å². The summed E-state index contributed by atoms with van der Waals surface area (Å²) in [5.41, 5.74) is 1.10. The van der Waals surface area contributed by atoms with Crippen molar-refractivity contribution in [1.82, 2.24) is 5.32 Å². The SMILES string of the molecule is CCOCCOCc1cccc(NC(=O)CCNC(=O)OC(C)(C)C)c1. The van der Waals surface area contributed by atoms with Gasteiger partial charge in [-0.15, -0.1) is 0 Å². The van der Waals surface area contributed by atoms with Gasteiger partial charge in [0.05, 0.1) is 19.8 Å². The van der Waals surface area contributed by atoms with E-state index in [4.69, 9.17) is 14.2 Å². The number of ether oxygens (including phenoxy) is 3. The van der Waals surface area contributed by atoms with Crippen LogP contribution in [0.25, 0.3) is 0 Å².